The smallest absolute Gasteiger partial charge is 0.254 e. The van der Waals surface area contributed by atoms with Crippen LogP contribution in [0.2, 0.25) is 0 Å². The number of hydrogen-bond acceptors (Lipinski definition) is 4. The maximum Gasteiger partial charge on any atom is 0.254 e. The molecule has 0 radical (unpaired) electrons. The van der Waals surface area contributed by atoms with Crippen molar-refractivity contribution in [3.63, 3.8) is 0 Å². The van der Waals surface area contributed by atoms with E-state index in [9.17, 15) is 9.59 Å². The van der Waals surface area contributed by atoms with Gasteiger partial charge in [-0.25, -0.2) is 0 Å². The van der Waals surface area contributed by atoms with Gasteiger partial charge in [-0.1, -0.05) is 24.3 Å². The van der Waals surface area contributed by atoms with Crippen LogP contribution in [0.1, 0.15) is 34.9 Å². The molecule has 5 rings (SSSR count). The molecular weight excluding hydrogens is 354 g/mol. The molecule has 0 unspecified atom stereocenters. The lowest BCUT2D eigenvalue weighted by Crippen LogP contribution is -2.40. The number of H-pyrrole nitrogens is 1. The highest BCUT2D eigenvalue weighted by Gasteiger charge is 2.29. The van der Waals surface area contributed by atoms with Crippen molar-refractivity contribution in [3.05, 3.63) is 76.5 Å². The van der Waals surface area contributed by atoms with E-state index >= 15 is 0 Å². The van der Waals surface area contributed by atoms with E-state index in [4.69, 9.17) is 0 Å². The Morgan fingerprint density at radius 1 is 1.11 bits per heavy atom. The van der Waals surface area contributed by atoms with Crippen molar-refractivity contribution in [1.82, 2.24) is 24.5 Å². The van der Waals surface area contributed by atoms with Crippen LogP contribution in [0.15, 0.2) is 59.5 Å². The fourth-order valence-corrected chi connectivity index (χ4v) is 4.06. The van der Waals surface area contributed by atoms with Crippen LogP contribution in [0.25, 0.3) is 16.6 Å². The van der Waals surface area contributed by atoms with Gasteiger partial charge in [0.2, 0.25) is 5.56 Å². The second-order valence-electron chi connectivity index (χ2n) is 7.17. The third-order valence-electron chi connectivity index (χ3n) is 5.39. The molecule has 1 fully saturated rings. The second-order valence-corrected chi connectivity index (χ2v) is 7.17. The monoisotopic (exact) mass is 373 g/mol. The highest BCUT2D eigenvalue weighted by atomic mass is 16.2. The number of piperidine rings is 1. The summed E-state index contributed by atoms with van der Waals surface area (Å²) in [7, 11) is 0. The molecular formula is C21H19N5O2. The first-order chi connectivity index (χ1) is 13.7. The molecule has 1 aliphatic rings. The van der Waals surface area contributed by atoms with Crippen LogP contribution >= 0.6 is 0 Å². The van der Waals surface area contributed by atoms with E-state index in [1.54, 1.807) is 0 Å². The van der Waals surface area contributed by atoms with Crippen LogP contribution in [0.3, 0.4) is 0 Å². The Hall–Kier alpha value is -3.48. The third-order valence-corrected chi connectivity index (χ3v) is 5.39. The molecule has 0 aliphatic carbocycles. The molecule has 28 heavy (non-hydrogen) atoms. The summed E-state index contributed by atoms with van der Waals surface area (Å²) in [6, 6.07) is 14.6. The fourth-order valence-electron chi connectivity index (χ4n) is 4.06. The van der Waals surface area contributed by atoms with E-state index in [-0.39, 0.29) is 17.4 Å². The summed E-state index contributed by atoms with van der Waals surface area (Å²) in [5.41, 5.74) is 1.67. The lowest BCUT2D eigenvalue weighted by molar-refractivity contribution is 0.0706. The number of hydrogen-bond donors (Lipinski definition) is 1. The lowest BCUT2D eigenvalue weighted by Gasteiger charge is -2.32. The maximum absolute atomic E-state index is 13.3. The molecule has 1 amide bonds. The number of aromatic amines is 1. The molecule has 7 nitrogen and oxygen atoms in total. The molecule has 4 aromatic rings. The summed E-state index contributed by atoms with van der Waals surface area (Å²) in [5.74, 6) is 0.882. The first-order valence-corrected chi connectivity index (χ1v) is 9.42. The summed E-state index contributed by atoms with van der Waals surface area (Å²) in [4.78, 5) is 29.9. The molecule has 0 bridgehead atoms. The Labute approximate surface area is 160 Å². The van der Waals surface area contributed by atoms with Crippen molar-refractivity contribution in [3.8, 4) is 0 Å². The molecule has 4 heterocycles. The van der Waals surface area contributed by atoms with Gasteiger partial charge in [0.05, 0.1) is 5.56 Å². The lowest BCUT2D eigenvalue weighted by atomic mass is 9.96. The molecule has 140 valence electrons. The number of pyridine rings is 2. The molecule has 1 aliphatic heterocycles. The van der Waals surface area contributed by atoms with Crippen molar-refractivity contribution in [2.45, 2.75) is 18.8 Å². The number of nitrogens with zero attached hydrogens (tertiary/aromatic N) is 4. The minimum absolute atomic E-state index is 0.110. The van der Waals surface area contributed by atoms with Gasteiger partial charge in [-0.2, -0.15) is 0 Å². The number of likely N-dealkylation sites (tertiary alicyclic amines) is 1. The number of aromatic nitrogens is 4. The molecule has 1 N–H and O–H groups in total. The maximum atomic E-state index is 13.3. The van der Waals surface area contributed by atoms with Gasteiger partial charge in [0, 0.05) is 42.2 Å². The Balaban J connectivity index is 1.49. The highest BCUT2D eigenvalue weighted by molar-refractivity contribution is 6.06. The highest BCUT2D eigenvalue weighted by Crippen LogP contribution is 2.28. The summed E-state index contributed by atoms with van der Waals surface area (Å²) in [6.07, 6.45) is 3.80. The number of para-hydroxylation sites is 1. The van der Waals surface area contributed by atoms with Gasteiger partial charge in [-0.05, 0) is 31.0 Å². The Morgan fingerprint density at radius 3 is 2.89 bits per heavy atom. The zero-order chi connectivity index (χ0) is 19.1. The second kappa shape index (κ2) is 6.60. The van der Waals surface area contributed by atoms with Crippen molar-refractivity contribution >= 4 is 22.5 Å². The van der Waals surface area contributed by atoms with Crippen LogP contribution in [-0.4, -0.2) is 43.5 Å². The zero-order valence-electron chi connectivity index (χ0n) is 15.2. The first kappa shape index (κ1) is 16.7. The van der Waals surface area contributed by atoms with Crippen molar-refractivity contribution in [2.75, 3.05) is 13.1 Å². The Morgan fingerprint density at radius 2 is 1.96 bits per heavy atom. The zero-order valence-corrected chi connectivity index (χ0v) is 15.2. The van der Waals surface area contributed by atoms with Crippen LogP contribution in [0, 0.1) is 0 Å². The summed E-state index contributed by atoms with van der Waals surface area (Å²) < 4.78 is 1.99. The molecule has 1 saturated heterocycles. The third kappa shape index (κ3) is 2.76. The normalized spacial score (nSPS) is 17.3. The van der Waals surface area contributed by atoms with E-state index in [0.29, 0.717) is 24.2 Å². The Bertz CT molecular complexity index is 1240. The molecule has 3 aromatic heterocycles. The average Bonchev–Trinajstić information content (AvgIpc) is 3.17. The number of nitrogens with one attached hydrogen (secondary N) is 1. The van der Waals surface area contributed by atoms with Crippen LogP contribution < -0.4 is 5.56 Å². The van der Waals surface area contributed by atoms with E-state index in [0.717, 1.165) is 29.7 Å². The number of fused-ring (bicyclic) bond motifs is 2. The fraction of sp³-hybridized carbons (Fsp3) is 0.238. The van der Waals surface area contributed by atoms with Crippen LogP contribution in [0.4, 0.5) is 0 Å². The van der Waals surface area contributed by atoms with Crippen LogP contribution in [-0.2, 0) is 0 Å². The number of benzene rings is 1. The largest absolute Gasteiger partial charge is 0.338 e. The van der Waals surface area contributed by atoms with E-state index in [2.05, 4.69) is 15.2 Å². The minimum atomic E-state index is -0.265. The molecule has 1 atom stereocenters. The van der Waals surface area contributed by atoms with Gasteiger partial charge in [-0.3, -0.25) is 14.0 Å². The standard InChI is InChI=1S/C21H19N5O2/c27-19-12-16(15-7-1-2-8-17(15)22-19)21(28)25-10-5-6-14(13-25)20-24-23-18-9-3-4-11-26(18)20/h1-4,7-9,11-12,14H,5-6,10,13H2,(H,22,27)/t14-/m1/s1. The Kier molecular flexibility index (Phi) is 3.93. The number of rotatable bonds is 2. The summed E-state index contributed by atoms with van der Waals surface area (Å²) in [5, 5.41) is 9.37. The van der Waals surface area contributed by atoms with Crippen LogP contribution in [0.5, 0.6) is 0 Å². The first-order valence-electron chi connectivity index (χ1n) is 9.42. The molecule has 1 aromatic carbocycles. The predicted octanol–water partition coefficient (Wildman–Crippen LogP) is 2.59. The van der Waals surface area contributed by atoms with Gasteiger partial charge in [0.15, 0.2) is 5.65 Å². The number of carbonyl (C=O) groups is 1. The van der Waals surface area contributed by atoms with Crippen molar-refractivity contribution in [1.29, 1.82) is 0 Å². The summed E-state index contributed by atoms with van der Waals surface area (Å²) >= 11 is 0. The quantitative estimate of drug-likeness (QED) is 0.585. The predicted molar refractivity (Wildman–Crippen MR) is 105 cm³/mol. The van der Waals surface area contributed by atoms with Gasteiger partial charge < -0.3 is 9.88 Å². The van der Waals surface area contributed by atoms with E-state index < -0.39 is 0 Å². The number of amides is 1. The molecule has 0 saturated carbocycles. The minimum Gasteiger partial charge on any atom is -0.338 e. The topological polar surface area (TPSA) is 83.4 Å². The van der Waals surface area contributed by atoms with Crippen molar-refractivity contribution in [2.24, 2.45) is 0 Å². The average molecular weight is 373 g/mol. The number of carbonyl (C=O) groups excluding carboxylic acids is 1. The van der Waals surface area contributed by atoms with Crippen molar-refractivity contribution < 1.29 is 4.79 Å². The molecule has 0 spiro atoms. The van der Waals surface area contributed by atoms with E-state index in [1.165, 1.54) is 6.07 Å². The summed E-state index contributed by atoms with van der Waals surface area (Å²) in [6.45, 7) is 1.24. The van der Waals surface area contributed by atoms with Gasteiger partial charge in [-0.15, -0.1) is 10.2 Å². The molecule has 7 heteroatoms. The van der Waals surface area contributed by atoms with E-state index in [1.807, 2.05) is 58.0 Å². The van der Waals surface area contributed by atoms with Gasteiger partial charge in [0.1, 0.15) is 5.82 Å². The SMILES string of the molecule is O=C(c1cc(=O)[nH]c2ccccc12)N1CCC[C@@H](c2nnc3ccccn23)C1. The van der Waals surface area contributed by atoms with Gasteiger partial charge in [0.25, 0.3) is 5.91 Å². The van der Waals surface area contributed by atoms with Gasteiger partial charge >= 0.3 is 0 Å².